The lowest BCUT2D eigenvalue weighted by Crippen LogP contribution is -2.49. The Balaban J connectivity index is 2.01. The minimum absolute atomic E-state index is 0.0610. The molecule has 4 heteroatoms. The van der Waals surface area contributed by atoms with Gasteiger partial charge in [0.25, 0.3) is 0 Å². The molecule has 1 saturated heterocycles. The predicted octanol–water partition coefficient (Wildman–Crippen LogP) is 2.28. The normalized spacial score (nSPS) is 36.7. The molecule has 0 radical (unpaired) electrons. The second-order valence-electron chi connectivity index (χ2n) is 5.92. The first kappa shape index (κ1) is 13.4. The summed E-state index contributed by atoms with van der Waals surface area (Å²) in [5.41, 5.74) is 0. The molecule has 1 saturated carbocycles. The van der Waals surface area contributed by atoms with Crippen LogP contribution in [0.4, 0.5) is 0 Å². The third-order valence-electron chi connectivity index (χ3n) is 4.58. The summed E-state index contributed by atoms with van der Waals surface area (Å²) in [7, 11) is 0. The van der Waals surface area contributed by atoms with E-state index in [2.05, 4.69) is 13.8 Å². The van der Waals surface area contributed by atoms with Crippen molar-refractivity contribution in [2.24, 2.45) is 11.8 Å². The van der Waals surface area contributed by atoms with Crippen LogP contribution in [0.5, 0.6) is 0 Å². The van der Waals surface area contributed by atoms with Gasteiger partial charge in [0.05, 0.1) is 5.92 Å². The number of carboxylic acids is 1. The highest BCUT2D eigenvalue weighted by Crippen LogP contribution is 2.34. The molecule has 1 aliphatic heterocycles. The Labute approximate surface area is 108 Å². The molecule has 4 atom stereocenters. The Kier molecular flexibility index (Phi) is 3.93. The van der Waals surface area contributed by atoms with Gasteiger partial charge in [-0.1, -0.05) is 0 Å². The van der Waals surface area contributed by atoms with Crippen LogP contribution in [0.2, 0.25) is 0 Å². The number of hydrogen-bond donors (Lipinski definition) is 1. The third kappa shape index (κ3) is 2.52. The maximum absolute atomic E-state index is 12.5. The van der Waals surface area contributed by atoms with E-state index in [0.29, 0.717) is 24.9 Å². The first-order valence-electron chi connectivity index (χ1n) is 7.05. The Hall–Kier alpha value is -1.06. The zero-order chi connectivity index (χ0) is 13.3. The van der Waals surface area contributed by atoms with E-state index in [1.54, 1.807) is 0 Å². The number of carbonyl (C=O) groups is 2. The van der Waals surface area contributed by atoms with E-state index in [4.69, 9.17) is 5.11 Å². The highest BCUT2D eigenvalue weighted by Gasteiger charge is 2.39. The van der Waals surface area contributed by atoms with Crippen LogP contribution in [0.1, 0.15) is 52.4 Å². The van der Waals surface area contributed by atoms with Gasteiger partial charge in [0.1, 0.15) is 0 Å². The molecular weight excluding hydrogens is 230 g/mol. The fourth-order valence-electron chi connectivity index (χ4n) is 3.50. The van der Waals surface area contributed by atoms with Crippen LogP contribution in [0.3, 0.4) is 0 Å². The smallest absolute Gasteiger partial charge is 0.306 e. The highest BCUT2D eigenvalue weighted by molar-refractivity contribution is 5.81. The molecule has 4 nitrogen and oxygen atoms in total. The van der Waals surface area contributed by atoms with Gasteiger partial charge in [0.2, 0.25) is 5.91 Å². The van der Waals surface area contributed by atoms with Crippen LogP contribution in [0.25, 0.3) is 0 Å². The summed E-state index contributed by atoms with van der Waals surface area (Å²) in [5, 5.41) is 9.00. The van der Waals surface area contributed by atoms with Gasteiger partial charge in [0, 0.05) is 18.0 Å². The van der Waals surface area contributed by atoms with Crippen LogP contribution in [0, 0.1) is 11.8 Å². The number of aliphatic carboxylic acids is 1. The van der Waals surface area contributed by atoms with E-state index in [0.717, 1.165) is 19.3 Å². The highest BCUT2D eigenvalue weighted by atomic mass is 16.4. The molecule has 0 bridgehead atoms. The maximum atomic E-state index is 12.5. The molecule has 2 fully saturated rings. The summed E-state index contributed by atoms with van der Waals surface area (Å²) in [6, 6.07) is 0.621. The van der Waals surface area contributed by atoms with Crippen molar-refractivity contribution in [3.8, 4) is 0 Å². The first-order chi connectivity index (χ1) is 8.50. The van der Waals surface area contributed by atoms with Gasteiger partial charge in [-0.25, -0.2) is 0 Å². The van der Waals surface area contributed by atoms with Crippen molar-refractivity contribution in [1.29, 1.82) is 0 Å². The number of likely N-dealkylation sites (tertiary alicyclic amines) is 1. The summed E-state index contributed by atoms with van der Waals surface area (Å²) < 4.78 is 0. The number of hydrogen-bond acceptors (Lipinski definition) is 2. The minimum atomic E-state index is -0.745. The number of piperidine rings is 1. The Morgan fingerprint density at radius 2 is 1.56 bits per heavy atom. The van der Waals surface area contributed by atoms with Gasteiger partial charge < -0.3 is 10.0 Å². The van der Waals surface area contributed by atoms with Crippen LogP contribution < -0.4 is 0 Å². The lowest BCUT2D eigenvalue weighted by atomic mass is 9.94. The standard InChI is InChI=1S/C14H23NO3/c1-9-4-3-5-10(2)15(9)13(16)11-6-7-12(8-11)14(17)18/h9-12H,3-8H2,1-2H3,(H,17,18)/t9-,10+,11?,12?. The van der Waals surface area contributed by atoms with Crippen molar-refractivity contribution >= 4 is 11.9 Å². The molecular formula is C14H23NO3. The summed E-state index contributed by atoms with van der Waals surface area (Å²) >= 11 is 0. The topological polar surface area (TPSA) is 57.6 Å². The van der Waals surface area contributed by atoms with E-state index in [1.165, 1.54) is 6.42 Å². The molecule has 0 aromatic rings. The van der Waals surface area contributed by atoms with Crippen LogP contribution >= 0.6 is 0 Å². The molecule has 18 heavy (non-hydrogen) atoms. The molecule has 1 heterocycles. The van der Waals surface area contributed by atoms with Crippen molar-refractivity contribution in [2.45, 2.75) is 64.5 Å². The minimum Gasteiger partial charge on any atom is -0.481 e. The van der Waals surface area contributed by atoms with E-state index < -0.39 is 5.97 Å². The van der Waals surface area contributed by atoms with Gasteiger partial charge in [-0.05, 0) is 52.4 Å². The number of carbonyl (C=O) groups excluding carboxylic acids is 1. The molecule has 0 aromatic heterocycles. The van der Waals surface area contributed by atoms with Crippen LogP contribution in [-0.4, -0.2) is 34.0 Å². The average molecular weight is 253 g/mol. The fraction of sp³-hybridized carbons (Fsp3) is 0.857. The van der Waals surface area contributed by atoms with Crippen LogP contribution in [-0.2, 0) is 9.59 Å². The van der Waals surface area contributed by atoms with Gasteiger partial charge in [-0.3, -0.25) is 9.59 Å². The van der Waals surface area contributed by atoms with Gasteiger partial charge in [-0.2, -0.15) is 0 Å². The first-order valence-corrected chi connectivity index (χ1v) is 7.05. The van der Waals surface area contributed by atoms with E-state index >= 15 is 0 Å². The van der Waals surface area contributed by atoms with Crippen LogP contribution in [0.15, 0.2) is 0 Å². The fourth-order valence-corrected chi connectivity index (χ4v) is 3.50. The predicted molar refractivity (Wildman–Crippen MR) is 68.1 cm³/mol. The van der Waals surface area contributed by atoms with Crippen molar-refractivity contribution in [1.82, 2.24) is 4.90 Å². The molecule has 0 spiro atoms. The SMILES string of the molecule is C[C@@H]1CCC[C@H](C)N1C(=O)C1CCC(C(=O)O)C1. The number of rotatable bonds is 2. The number of amides is 1. The Bertz CT molecular complexity index is 332. The van der Waals surface area contributed by atoms with Gasteiger partial charge in [-0.15, -0.1) is 0 Å². The quantitative estimate of drug-likeness (QED) is 0.821. The molecule has 2 unspecified atom stereocenters. The average Bonchev–Trinajstić information content (AvgIpc) is 2.77. The monoisotopic (exact) mass is 253 g/mol. The molecule has 2 aliphatic rings. The Morgan fingerprint density at radius 3 is 2.06 bits per heavy atom. The Morgan fingerprint density at radius 1 is 1.00 bits per heavy atom. The number of nitrogens with zero attached hydrogens (tertiary/aromatic N) is 1. The lowest BCUT2D eigenvalue weighted by Gasteiger charge is -2.40. The van der Waals surface area contributed by atoms with Crippen molar-refractivity contribution in [3.63, 3.8) is 0 Å². The summed E-state index contributed by atoms with van der Waals surface area (Å²) in [4.78, 5) is 25.5. The summed E-state index contributed by atoms with van der Waals surface area (Å²) in [6.07, 6.45) is 5.27. The molecule has 2 rings (SSSR count). The van der Waals surface area contributed by atoms with Gasteiger partial charge in [0.15, 0.2) is 0 Å². The summed E-state index contributed by atoms with van der Waals surface area (Å²) in [6.45, 7) is 4.22. The van der Waals surface area contributed by atoms with Crippen molar-refractivity contribution in [3.05, 3.63) is 0 Å². The second kappa shape index (κ2) is 5.29. The van der Waals surface area contributed by atoms with Crippen molar-refractivity contribution < 1.29 is 14.7 Å². The van der Waals surface area contributed by atoms with E-state index in [9.17, 15) is 9.59 Å². The zero-order valence-electron chi connectivity index (χ0n) is 11.3. The maximum Gasteiger partial charge on any atom is 0.306 e. The summed E-state index contributed by atoms with van der Waals surface area (Å²) in [5.74, 6) is -0.924. The molecule has 102 valence electrons. The molecule has 0 aromatic carbocycles. The third-order valence-corrected chi connectivity index (χ3v) is 4.58. The molecule has 1 N–H and O–H groups in total. The van der Waals surface area contributed by atoms with Gasteiger partial charge >= 0.3 is 5.97 Å². The molecule has 1 aliphatic carbocycles. The second-order valence-corrected chi connectivity index (χ2v) is 5.92. The van der Waals surface area contributed by atoms with Crippen molar-refractivity contribution in [2.75, 3.05) is 0 Å². The van der Waals surface area contributed by atoms with E-state index in [1.807, 2.05) is 4.90 Å². The lowest BCUT2D eigenvalue weighted by molar-refractivity contribution is -0.143. The zero-order valence-corrected chi connectivity index (χ0v) is 11.3. The largest absolute Gasteiger partial charge is 0.481 e. The molecule has 1 amide bonds. The van der Waals surface area contributed by atoms with E-state index in [-0.39, 0.29) is 17.7 Å². The number of carboxylic acid groups (broad SMARTS) is 1.